The van der Waals surface area contributed by atoms with Crippen LogP contribution in [0, 0.1) is 0 Å². The summed E-state index contributed by atoms with van der Waals surface area (Å²) in [5.41, 5.74) is 10.5. The second kappa shape index (κ2) is 11.0. The van der Waals surface area contributed by atoms with E-state index < -0.39 is 0 Å². The Labute approximate surface area is 285 Å². The van der Waals surface area contributed by atoms with Gasteiger partial charge in [0.2, 0.25) is 0 Å². The Balaban J connectivity index is 1.33. The molecule has 0 fully saturated rings. The molecule has 0 atom stereocenters. The molecule has 228 valence electrons. The molecule has 1 N–H and O–H groups in total. The lowest BCUT2D eigenvalue weighted by molar-refractivity contribution is 0.482. The van der Waals surface area contributed by atoms with E-state index in [0.29, 0.717) is 23.0 Å². The van der Waals surface area contributed by atoms with E-state index in [4.69, 9.17) is 24.4 Å². The second-order valence-electron chi connectivity index (χ2n) is 12.6. The first-order chi connectivity index (χ1) is 23.9. The van der Waals surface area contributed by atoms with Crippen molar-refractivity contribution < 1.29 is 9.52 Å². The van der Waals surface area contributed by atoms with Crippen LogP contribution in [0.1, 0.15) is 0 Å². The van der Waals surface area contributed by atoms with Crippen LogP contribution in [0.2, 0.25) is 0 Å². The maximum absolute atomic E-state index is 11.5. The molecule has 0 saturated heterocycles. The minimum absolute atomic E-state index is 0.188. The fraction of sp³-hybridized carbons (Fsp3) is 0. The van der Waals surface area contributed by atoms with Crippen molar-refractivity contribution in [1.29, 1.82) is 0 Å². The van der Waals surface area contributed by atoms with Crippen LogP contribution in [-0.2, 0) is 0 Å². The summed E-state index contributed by atoms with van der Waals surface area (Å²) in [6, 6.07) is 34.5. The Morgan fingerprint density at radius 3 is 2.14 bits per heavy atom. The Kier molecular flexibility index (Phi) is 6.52. The van der Waals surface area contributed by atoms with E-state index in [1.807, 2.05) is 90.4 Å². The highest BCUT2D eigenvalue weighted by molar-refractivity contribution is 6.64. The fourth-order valence-corrected chi connectivity index (χ4v) is 7.13. The number of phenols is 1. The Morgan fingerprint density at radius 1 is 0.592 bits per heavy atom. The monoisotopic (exact) mass is 629 g/mol. The lowest BCUT2D eigenvalue weighted by Crippen LogP contribution is -2.48. The number of para-hydroxylation sites is 2. The number of phenolic OH excluding ortho intramolecular Hbond substituents is 1. The van der Waals surface area contributed by atoms with Gasteiger partial charge in [0.25, 0.3) is 0 Å². The Hall–Kier alpha value is -6.08. The second-order valence-corrected chi connectivity index (χ2v) is 12.6. The van der Waals surface area contributed by atoms with Gasteiger partial charge in [-0.15, -0.1) is 5.46 Å². The average Bonchev–Trinajstić information content (AvgIpc) is 3.70. The first-order valence-electron chi connectivity index (χ1n) is 16.3. The minimum Gasteiger partial charge on any atom is -0.508 e. The molecule has 0 radical (unpaired) electrons. The van der Waals surface area contributed by atoms with Crippen molar-refractivity contribution in [2.75, 3.05) is 0 Å². The van der Waals surface area contributed by atoms with Gasteiger partial charge < -0.3 is 9.52 Å². The lowest BCUT2D eigenvalue weighted by Gasteiger charge is -2.18. The summed E-state index contributed by atoms with van der Waals surface area (Å²) in [4.78, 5) is 19.9. The highest BCUT2D eigenvalue weighted by atomic mass is 16.3. The number of fused-ring (bicyclic) bond motifs is 6. The third kappa shape index (κ3) is 4.35. The zero-order valence-corrected chi connectivity index (χ0v) is 27.5. The summed E-state index contributed by atoms with van der Waals surface area (Å²) in [5.74, 6) is 1.63. The lowest BCUT2D eigenvalue weighted by atomic mass is 9.65. The van der Waals surface area contributed by atoms with Crippen LogP contribution < -0.4 is 21.9 Å². The fourth-order valence-electron chi connectivity index (χ4n) is 7.13. The molecule has 49 heavy (non-hydrogen) atoms. The molecule has 9 rings (SSSR count). The quantitative estimate of drug-likeness (QED) is 0.300. The number of benzene rings is 5. The number of hydrogen-bond acceptors (Lipinski definition) is 6. The highest BCUT2D eigenvalue weighted by Crippen LogP contribution is 2.40. The van der Waals surface area contributed by atoms with Crippen LogP contribution in [0.15, 0.2) is 114 Å². The van der Waals surface area contributed by atoms with Crippen molar-refractivity contribution in [2.24, 2.45) is 0 Å². The van der Waals surface area contributed by atoms with E-state index in [2.05, 4.69) is 54.9 Å². The van der Waals surface area contributed by atoms with Gasteiger partial charge in [0, 0.05) is 38.9 Å². The zero-order chi connectivity index (χ0) is 33.4. The number of rotatable bonds is 4. The normalized spacial score (nSPS) is 11.7. The van der Waals surface area contributed by atoms with Gasteiger partial charge in [-0.25, -0.2) is 19.9 Å². The average molecular weight is 629 g/mol. The number of nitrogens with zero attached hydrogens (tertiary/aromatic N) is 5. The predicted molar refractivity (Wildman–Crippen MR) is 210 cm³/mol. The molecule has 5 aromatic carbocycles. The molecule has 7 nitrogen and oxygen atoms in total. The van der Waals surface area contributed by atoms with Crippen LogP contribution >= 0.6 is 0 Å². The Bertz CT molecular complexity index is 2710. The van der Waals surface area contributed by atoms with E-state index in [9.17, 15) is 5.11 Å². The first-order valence-corrected chi connectivity index (χ1v) is 16.3. The van der Waals surface area contributed by atoms with Gasteiger partial charge >= 0.3 is 0 Å². The van der Waals surface area contributed by atoms with Gasteiger partial charge in [-0.3, -0.25) is 4.57 Å². The van der Waals surface area contributed by atoms with Crippen molar-refractivity contribution in [1.82, 2.24) is 24.5 Å². The van der Waals surface area contributed by atoms with E-state index in [-0.39, 0.29) is 5.75 Å². The number of pyridine rings is 1. The van der Waals surface area contributed by atoms with E-state index >= 15 is 0 Å². The molecule has 4 aromatic heterocycles. The molecule has 0 amide bonds. The molecule has 11 heteroatoms. The van der Waals surface area contributed by atoms with Crippen LogP contribution in [0.4, 0.5) is 0 Å². The first kappa shape index (κ1) is 29.1. The summed E-state index contributed by atoms with van der Waals surface area (Å²) < 4.78 is 8.90. The molecule has 0 unspecified atom stereocenters. The van der Waals surface area contributed by atoms with E-state index in [1.165, 1.54) is 0 Å². The molecule has 0 aliphatic carbocycles. The summed E-state index contributed by atoms with van der Waals surface area (Å²) >= 11 is 0. The molecule has 0 bridgehead atoms. The van der Waals surface area contributed by atoms with E-state index in [0.717, 1.165) is 82.5 Å². The maximum atomic E-state index is 11.5. The number of aromatic nitrogens is 5. The summed E-state index contributed by atoms with van der Waals surface area (Å²) in [6.07, 6.45) is 1.83. The number of hydrogen-bond donors (Lipinski definition) is 1. The van der Waals surface area contributed by atoms with E-state index in [1.54, 1.807) is 0 Å². The number of furan rings is 1. The summed E-state index contributed by atoms with van der Waals surface area (Å²) in [7, 11) is 8.05. The topological polar surface area (TPSA) is 89.9 Å². The van der Waals surface area contributed by atoms with Crippen molar-refractivity contribution in [3.63, 3.8) is 0 Å². The van der Waals surface area contributed by atoms with Gasteiger partial charge in [-0.05, 0) is 30.3 Å². The van der Waals surface area contributed by atoms with Crippen molar-refractivity contribution >= 4 is 97.1 Å². The third-order valence-corrected chi connectivity index (χ3v) is 9.96. The smallest absolute Gasteiger partial charge is 0.167 e. The van der Waals surface area contributed by atoms with Gasteiger partial charge in [-0.2, -0.15) is 0 Å². The predicted octanol–water partition coefficient (Wildman–Crippen LogP) is 2.00. The minimum atomic E-state index is 0.188. The zero-order valence-electron chi connectivity index (χ0n) is 27.5. The molecule has 0 aliphatic rings. The van der Waals surface area contributed by atoms with Crippen LogP contribution in [0.5, 0.6) is 5.75 Å². The van der Waals surface area contributed by atoms with Gasteiger partial charge in [0.1, 0.15) is 48.4 Å². The Morgan fingerprint density at radius 2 is 1.29 bits per heavy atom. The van der Waals surface area contributed by atoms with Crippen LogP contribution in [0.3, 0.4) is 0 Å². The largest absolute Gasteiger partial charge is 0.508 e. The maximum Gasteiger partial charge on any atom is 0.167 e. The van der Waals surface area contributed by atoms with Crippen LogP contribution in [0.25, 0.3) is 83.7 Å². The molecule has 0 aliphatic heterocycles. The van der Waals surface area contributed by atoms with Crippen molar-refractivity contribution in [3.05, 3.63) is 109 Å². The van der Waals surface area contributed by atoms with Gasteiger partial charge in [-0.1, -0.05) is 89.2 Å². The molecular weight excluding hydrogens is 602 g/mol. The van der Waals surface area contributed by atoms with Crippen LogP contribution in [-0.4, -0.2) is 61.0 Å². The highest BCUT2D eigenvalue weighted by Gasteiger charge is 2.23. The SMILES string of the molecule is Bc1c(B)c(B)c(-c2nc(-c3ccccc3)nc(-c3cccc4oc5c(-n6c7ccccc7c7cccnc76)cccc5c34)n2)c(O)c1B. The third-order valence-electron chi connectivity index (χ3n) is 9.96. The molecule has 0 spiro atoms. The summed E-state index contributed by atoms with van der Waals surface area (Å²) in [6.45, 7) is 0. The summed E-state index contributed by atoms with van der Waals surface area (Å²) in [5, 5.41) is 15.5. The standard InChI is InChI=1S/C38H27B4N5O2/c39-29-28(33(48)32(42)31(41)30(29)40)37-45-35(19-9-2-1-3-10-19)44-36(46-37)23-13-7-17-26-27(23)22-12-6-16-25(34(22)49-26)47-24-15-5-4-11-20(24)21-14-8-18-43-38(21)47/h1-18,48H,39-42H2. The molecule has 0 saturated carbocycles. The van der Waals surface area contributed by atoms with Gasteiger partial charge in [0.15, 0.2) is 23.1 Å². The molecule has 9 aromatic rings. The van der Waals surface area contributed by atoms with Gasteiger partial charge in [0.05, 0.1) is 16.8 Å². The van der Waals surface area contributed by atoms with Crippen molar-refractivity contribution in [3.8, 4) is 45.6 Å². The number of aromatic hydroxyl groups is 1. The molecular formula is C38H27B4N5O2. The molecule has 4 heterocycles. The van der Waals surface area contributed by atoms with Crippen molar-refractivity contribution in [2.45, 2.75) is 0 Å².